The third-order valence-electron chi connectivity index (χ3n) is 3.05. The summed E-state index contributed by atoms with van der Waals surface area (Å²) in [5.41, 5.74) is 0.909. The smallest absolute Gasteiger partial charge is 0.246 e. The molecule has 0 bridgehead atoms. The Morgan fingerprint density at radius 2 is 2.00 bits per heavy atom. The second kappa shape index (κ2) is 5.33. The van der Waals surface area contributed by atoms with Gasteiger partial charge in [0.05, 0.1) is 17.9 Å². The fraction of sp³-hybridized carbons (Fsp3) is 0.462. The first-order chi connectivity index (χ1) is 8.63. The van der Waals surface area contributed by atoms with Crippen LogP contribution in [0.25, 0.3) is 0 Å². The Balaban J connectivity index is 2.26. The van der Waals surface area contributed by atoms with Crippen LogP contribution >= 0.6 is 0 Å². The summed E-state index contributed by atoms with van der Waals surface area (Å²) in [6.45, 7) is 2.75. The molecule has 0 saturated carbocycles. The Hall–Kier alpha value is -1.65. The van der Waals surface area contributed by atoms with Crippen molar-refractivity contribution in [1.82, 2.24) is 0 Å². The molecule has 0 aromatic heterocycles. The minimum atomic E-state index is -0.925. The molecule has 0 unspecified atom stereocenters. The van der Waals surface area contributed by atoms with Crippen LogP contribution in [0.5, 0.6) is 0 Å². The molecule has 0 fully saturated rings. The van der Waals surface area contributed by atoms with E-state index in [1.165, 1.54) is 4.90 Å². The maximum Gasteiger partial charge on any atom is 0.246 e. The number of halogens is 2. The van der Waals surface area contributed by atoms with Crippen molar-refractivity contribution in [3.05, 3.63) is 23.8 Å². The van der Waals surface area contributed by atoms with E-state index in [4.69, 9.17) is 0 Å². The lowest BCUT2D eigenvalue weighted by atomic mass is 10.1. The number of carbonyl (C=O) groups excluding carboxylic acids is 1. The molecule has 1 heterocycles. The molecule has 2 rings (SSSR count). The maximum atomic E-state index is 13.3. The first kappa shape index (κ1) is 12.8. The fourth-order valence-electron chi connectivity index (χ4n) is 2.07. The molecule has 1 aromatic carbocycles. The lowest BCUT2D eigenvalue weighted by Gasteiger charge is -2.30. The van der Waals surface area contributed by atoms with Crippen molar-refractivity contribution in [1.29, 1.82) is 0 Å². The molecule has 3 nitrogen and oxygen atoms in total. The van der Waals surface area contributed by atoms with E-state index >= 15 is 0 Å². The van der Waals surface area contributed by atoms with Crippen LogP contribution in [0.4, 0.5) is 20.2 Å². The zero-order chi connectivity index (χ0) is 13.1. The van der Waals surface area contributed by atoms with Gasteiger partial charge in [-0.05, 0) is 6.42 Å². The molecular weight excluding hydrogens is 238 g/mol. The van der Waals surface area contributed by atoms with E-state index in [1.807, 2.05) is 0 Å². The van der Waals surface area contributed by atoms with Crippen molar-refractivity contribution >= 4 is 17.3 Å². The van der Waals surface area contributed by atoms with Crippen molar-refractivity contribution in [3.8, 4) is 0 Å². The molecule has 98 valence electrons. The molecule has 0 spiro atoms. The molecule has 5 heteroatoms. The number of unbranched alkanes of at least 4 members (excludes halogenated alkanes) is 2. The van der Waals surface area contributed by atoms with Crippen LogP contribution in [-0.4, -0.2) is 19.0 Å². The van der Waals surface area contributed by atoms with Gasteiger partial charge >= 0.3 is 0 Å². The summed E-state index contributed by atoms with van der Waals surface area (Å²) in [5.74, 6) is -1.93. The number of anilines is 2. The third-order valence-corrected chi connectivity index (χ3v) is 3.05. The molecule has 0 aliphatic carbocycles. The number of benzene rings is 1. The molecule has 1 N–H and O–H groups in total. The Morgan fingerprint density at radius 3 is 2.72 bits per heavy atom. The Morgan fingerprint density at radius 1 is 1.28 bits per heavy atom. The number of rotatable bonds is 4. The summed E-state index contributed by atoms with van der Waals surface area (Å²) in [6, 6.07) is 2.19. The topological polar surface area (TPSA) is 32.3 Å². The number of amides is 1. The van der Waals surface area contributed by atoms with E-state index in [-0.39, 0.29) is 12.5 Å². The van der Waals surface area contributed by atoms with Crippen molar-refractivity contribution in [3.63, 3.8) is 0 Å². The number of fused-ring (bicyclic) bond motifs is 1. The Bertz CT molecular complexity index is 463. The van der Waals surface area contributed by atoms with Gasteiger partial charge in [0.15, 0.2) is 11.6 Å². The van der Waals surface area contributed by atoms with Crippen LogP contribution in [0.3, 0.4) is 0 Å². The first-order valence-corrected chi connectivity index (χ1v) is 6.16. The van der Waals surface area contributed by atoms with Gasteiger partial charge in [0, 0.05) is 18.7 Å². The SMILES string of the molecule is CCCCCN1C(=O)CNc2cc(F)c(F)cc21. The van der Waals surface area contributed by atoms with Crippen LogP contribution < -0.4 is 10.2 Å². The zero-order valence-electron chi connectivity index (χ0n) is 10.3. The molecular formula is C13H16F2N2O. The number of carbonyl (C=O) groups is 1. The van der Waals surface area contributed by atoms with Gasteiger partial charge in [-0.2, -0.15) is 0 Å². The summed E-state index contributed by atoms with van der Waals surface area (Å²) in [6.07, 6.45) is 2.92. The normalized spacial score (nSPS) is 14.4. The van der Waals surface area contributed by atoms with Crippen molar-refractivity contribution in [2.24, 2.45) is 0 Å². The average molecular weight is 254 g/mol. The van der Waals surface area contributed by atoms with Crippen LogP contribution in [0, 0.1) is 11.6 Å². The summed E-state index contributed by atoms with van der Waals surface area (Å²) in [4.78, 5) is 13.3. The molecule has 1 aliphatic heterocycles. The van der Waals surface area contributed by atoms with Gasteiger partial charge in [-0.3, -0.25) is 4.79 Å². The van der Waals surface area contributed by atoms with E-state index in [1.54, 1.807) is 0 Å². The van der Waals surface area contributed by atoms with E-state index in [0.717, 1.165) is 31.4 Å². The summed E-state index contributed by atoms with van der Waals surface area (Å²) >= 11 is 0. The monoisotopic (exact) mass is 254 g/mol. The fourth-order valence-corrected chi connectivity index (χ4v) is 2.07. The van der Waals surface area contributed by atoms with Crippen molar-refractivity contribution < 1.29 is 13.6 Å². The molecule has 18 heavy (non-hydrogen) atoms. The number of hydrogen-bond donors (Lipinski definition) is 1. The van der Waals surface area contributed by atoms with Crippen LogP contribution in [0.15, 0.2) is 12.1 Å². The van der Waals surface area contributed by atoms with Gasteiger partial charge in [-0.15, -0.1) is 0 Å². The summed E-state index contributed by atoms with van der Waals surface area (Å²) in [5, 5.41) is 2.80. The predicted molar refractivity (Wildman–Crippen MR) is 66.7 cm³/mol. The number of nitrogens with one attached hydrogen (secondary N) is 1. The van der Waals surface area contributed by atoms with Crippen LogP contribution in [-0.2, 0) is 4.79 Å². The van der Waals surface area contributed by atoms with Gasteiger partial charge in [0.25, 0.3) is 0 Å². The quantitative estimate of drug-likeness (QED) is 0.838. The summed E-state index contributed by atoms with van der Waals surface area (Å²) in [7, 11) is 0. The minimum Gasteiger partial charge on any atom is -0.374 e. The third kappa shape index (κ3) is 2.44. The first-order valence-electron chi connectivity index (χ1n) is 6.16. The molecule has 0 radical (unpaired) electrons. The summed E-state index contributed by atoms with van der Waals surface area (Å²) < 4.78 is 26.4. The van der Waals surface area contributed by atoms with Gasteiger partial charge in [-0.1, -0.05) is 19.8 Å². The van der Waals surface area contributed by atoms with Gasteiger partial charge in [-0.25, -0.2) is 8.78 Å². The van der Waals surface area contributed by atoms with Crippen molar-refractivity contribution in [2.45, 2.75) is 26.2 Å². The van der Waals surface area contributed by atoms with Crippen LogP contribution in [0.2, 0.25) is 0 Å². The highest BCUT2D eigenvalue weighted by molar-refractivity contribution is 6.02. The molecule has 1 amide bonds. The van der Waals surface area contributed by atoms with E-state index in [9.17, 15) is 13.6 Å². The second-order valence-electron chi connectivity index (χ2n) is 4.39. The zero-order valence-corrected chi connectivity index (χ0v) is 10.3. The lowest BCUT2D eigenvalue weighted by Crippen LogP contribution is -2.40. The highest BCUT2D eigenvalue weighted by Crippen LogP contribution is 2.31. The standard InChI is InChI=1S/C13H16F2N2O/c1-2-3-4-5-17-12-7-10(15)9(14)6-11(12)16-8-13(17)18/h6-7,16H,2-5,8H2,1H3. The second-order valence-corrected chi connectivity index (χ2v) is 4.39. The number of hydrogen-bond acceptors (Lipinski definition) is 2. The minimum absolute atomic E-state index is 0.107. The van der Waals surface area contributed by atoms with Crippen LogP contribution in [0.1, 0.15) is 26.2 Å². The van der Waals surface area contributed by atoms with E-state index in [2.05, 4.69) is 12.2 Å². The van der Waals surface area contributed by atoms with E-state index < -0.39 is 11.6 Å². The average Bonchev–Trinajstić information content (AvgIpc) is 2.35. The van der Waals surface area contributed by atoms with Gasteiger partial charge in [0.1, 0.15) is 0 Å². The highest BCUT2D eigenvalue weighted by atomic mass is 19.2. The van der Waals surface area contributed by atoms with E-state index in [0.29, 0.717) is 17.9 Å². The van der Waals surface area contributed by atoms with Crippen molar-refractivity contribution in [2.75, 3.05) is 23.3 Å². The highest BCUT2D eigenvalue weighted by Gasteiger charge is 2.25. The lowest BCUT2D eigenvalue weighted by molar-refractivity contribution is -0.117. The molecule has 1 aromatic rings. The van der Waals surface area contributed by atoms with Gasteiger partial charge < -0.3 is 10.2 Å². The Kier molecular flexibility index (Phi) is 3.79. The molecule has 0 saturated heterocycles. The molecule has 0 atom stereocenters. The predicted octanol–water partition coefficient (Wildman–Crippen LogP) is 2.91. The van der Waals surface area contributed by atoms with Gasteiger partial charge in [0.2, 0.25) is 5.91 Å². The molecule has 1 aliphatic rings. The number of nitrogens with zero attached hydrogens (tertiary/aromatic N) is 1. The maximum absolute atomic E-state index is 13.3. The Labute approximate surface area is 105 Å². The largest absolute Gasteiger partial charge is 0.374 e.